The molecule has 0 fully saturated rings. The minimum atomic E-state index is 0.0670. The Morgan fingerprint density at radius 3 is 2.65 bits per heavy atom. The lowest BCUT2D eigenvalue weighted by molar-refractivity contribution is -0.132. The standard InChI is InChI=1S/C16H25NO3/c1-12(2)17(8-5-9-18)16(19)11-14-10-13(3)6-7-15(14)20-4/h6-7,10,12,18H,5,8-9,11H2,1-4H3. The van der Waals surface area contributed by atoms with E-state index in [9.17, 15) is 4.79 Å². The van der Waals surface area contributed by atoms with Crippen LogP contribution in [0.5, 0.6) is 5.75 Å². The molecule has 4 heteroatoms. The fraction of sp³-hybridized carbons (Fsp3) is 0.562. The topological polar surface area (TPSA) is 49.8 Å². The molecular weight excluding hydrogens is 254 g/mol. The van der Waals surface area contributed by atoms with Crippen LogP contribution in [0, 0.1) is 6.92 Å². The van der Waals surface area contributed by atoms with Gasteiger partial charge in [0.15, 0.2) is 0 Å². The van der Waals surface area contributed by atoms with Gasteiger partial charge in [-0.1, -0.05) is 17.7 Å². The molecular formula is C16H25NO3. The van der Waals surface area contributed by atoms with E-state index < -0.39 is 0 Å². The largest absolute Gasteiger partial charge is 0.496 e. The Morgan fingerprint density at radius 2 is 2.10 bits per heavy atom. The third-order valence-corrected chi connectivity index (χ3v) is 3.28. The molecule has 0 aliphatic heterocycles. The van der Waals surface area contributed by atoms with Crippen molar-refractivity contribution in [1.29, 1.82) is 0 Å². The number of hydrogen-bond donors (Lipinski definition) is 1. The van der Waals surface area contributed by atoms with Crippen LogP contribution in [0.1, 0.15) is 31.4 Å². The van der Waals surface area contributed by atoms with Crippen molar-refractivity contribution in [3.05, 3.63) is 29.3 Å². The van der Waals surface area contributed by atoms with Crippen LogP contribution in [-0.2, 0) is 11.2 Å². The summed E-state index contributed by atoms with van der Waals surface area (Å²) in [5.41, 5.74) is 2.02. The molecule has 1 aromatic rings. The van der Waals surface area contributed by atoms with Crippen LogP contribution in [0.4, 0.5) is 0 Å². The Balaban J connectivity index is 2.84. The van der Waals surface area contributed by atoms with Crippen molar-refractivity contribution >= 4 is 5.91 Å². The van der Waals surface area contributed by atoms with E-state index in [1.165, 1.54) is 0 Å². The van der Waals surface area contributed by atoms with Gasteiger partial charge in [0.05, 0.1) is 13.5 Å². The molecule has 112 valence electrons. The molecule has 0 spiro atoms. The minimum Gasteiger partial charge on any atom is -0.496 e. The number of carbonyl (C=O) groups is 1. The molecule has 0 radical (unpaired) electrons. The molecule has 0 heterocycles. The van der Waals surface area contributed by atoms with Crippen molar-refractivity contribution in [2.75, 3.05) is 20.3 Å². The number of aliphatic hydroxyl groups excluding tert-OH is 1. The fourth-order valence-corrected chi connectivity index (χ4v) is 2.22. The lowest BCUT2D eigenvalue weighted by Gasteiger charge is -2.27. The summed E-state index contributed by atoms with van der Waals surface area (Å²) in [5, 5.41) is 8.93. The van der Waals surface area contributed by atoms with Crippen LogP contribution in [0.2, 0.25) is 0 Å². The van der Waals surface area contributed by atoms with Crippen molar-refractivity contribution in [3.63, 3.8) is 0 Å². The molecule has 0 atom stereocenters. The van der Waals surface area contributed by atoms with E-state index in [1.807, 2.05) is 39.0 Å². The number of aliphatic hydroxyl groups is 1. The van der Waals surface area contributed by atoms with E-state index in [1.54, 1.807) is 12.0 Å². The highest BCUT2D eigenvalue weighted by molar-refractivity contribution is 5.79. The van der Waals surface area contributed by atoms with Gasteiger partial charge < -0.3 is 14.7 Å². The van der Waals surface area contributed by atoms with Gasteiger partial charge >= 0.3 is 0 Å². The van der Waals surface area contributed by atoms with Gasteiger partial charge in [0, 0.05) is 24.8 Å². The molecule has 0 saturated heterocycles. The van der Waals surface area contributed by atoms with E-state index in [0.29, 0.717) is 19.4 Å². The zero-order valence-corrected chi connectivity index (χ0v) is 12.8. The first-order valence-electron chi connectivity index (χ1n) is 7.03. The van der Waals surface area contributed by atoms with Gasteiger partial charge in [0.25, 0.3) is 0 Å². The first kappa shape index (κ1) is 16.5. The number of rotatable bonds is 7. The van der Waals surface area contributed by atoms with Crippen molar-refractivity contribution in [1.82, 2.24) is 4.90 Å². The molecule has 0 aliphatic rings. The summed E-state index contributed by atoms with van der Waals surface area (Å²) in [5.74, 6) is 0.812. The highest BCUT2D eigenvalue weighted by atomic mass is 16.5. The van der Waals surface area contributed by atoms with E-state index >= 15 is 0 Å². The van der Waals surface area contributed by atoms with E-state index in [0.717, 1.165) is 16.9 Å². The van der Waals surface area contributed by atoms with Crippen molar-refractivity contribution in [3.8, 4) is 5.75 Å². The monoisotopic (exact) mass is 279 g/mol. The average Bonchev–Trinajstić information content (AvgIpc) is 2.39. The number of aryl methyl sites for hydroxylation is 1. The van der Waals surface area contributed by atoms with Crippen LogP contribution < -0.4 is 4.74 Å². The lowest BCUT2D eigenvalue weighted by atomic mass is 10.1. The summed E-state index contributed by atoms with van der Waals surface area (Å²) < 4.78 is 5.31. The van der Waals surface area contributed by atoms with E-state index in [-0.39, 0.29) is 18.6 Å². The molecule has 4 nitrogen and oxygen atoms in total. The maximum absolute atomic E-state index is 12.4. The second-order valence-electron chi connectivity index (χ2n) is 5.25. The third kappa shape index (κ3) is 4.53. The summed E-state index contributed by atoms with van der Waals surface area (Å²) in [7, 11) is 1.62. The molecule has 1 amide bonds. The Morgan fingerprint density at radius 1 is 1.40 bits per heavy atom. The molecule has 0 bridgehead atoms. The summed E-state index contributed by atoms with van der Waals surface area (Å²) in [4.78, 5) is 14.2. The van der Waals surface area contributed by atoms with Crippen molar-refractivity contribution in [2.45, 2.75) is 39.7 Å². The molecule has 0 saturated carbocycles. The molecule has 1 N–H and O–H groups in total. The minimum absolute atomic E-state index is 0.0670. The van der Waals surface area contributed by atoms with Gasteiger partial charge in [-0.15, -0.1) is 0 Å². The Kier molecular flexibility index (Phi) is 6.52. The van der Waals surface area contributed by atoms with E-state index in [4.69, 9.17) is 9.84 Å². The van der Waals surface area contributed by atoms with Gasteiger partial charge in [-0.3, -0.25) is 4.79 Å². The Labute approximate surface area is 121 Å². The second kappa shape index (κ2) is 7.90. The summed E-state index contributed by atoms with van der Waals surface area (Å²) in [6.07, 6.45) is 0.934. The first-order valence-corrected chi connectivity index (χ1v) is 7.03. The highest BCUT2D eigenvalue weighted by Crippen LogP contribution is 2.21. The van der Waals surface area contributed by atoms with Crippen LogP contribution in [0.15, 0.2) is 18.2 Å². The Hall–Kier alpha value is -1.55. The highest BCUT2D eigenvalue weighted by Gasteiger charge is 2.18. The summed E-state index contributed by atoms with van der Waals surface area (Å²) >= 11 is 0. The lowest BCUT2D eigenvalue weighted by Crippen LogP contribution is -2.39. The number of ether oxygens (including phenoxy) is 1. The zero-order valence-electron chi connectivity index (χ0n) is 12.8. The van der Waals surface area contributed by atoms with Gasteiger partial charge in [-0.25, -0.2) is 0 Å². The van der Waals surface area contributed by atoms with Crippen molar-refractivity contribution < 1.29 is 14.6 Å². The number of amides is 1. The third-order valence-electron chi connectivity index (χ3n) is 3.28. The number of benzene rings is 1. The van der Waals surface area contributed by atoms with Crippen LogP contribution in [-0.4, -0.2) is 42.2 Å². The molecule has 1 rings (SSSR count). The summed E-state index contributed by atoms with van der Waals surface area (Å²) in [6, 6.07) is 5.98. The van der Waals surface area contributed by atoms with Gasteiger partial charge in [0.1, 0.15) is 5.75 Å². The maximum Gasteiger partial charge on any atom is 0.227 e. The Bertz CT molecular complexity index is 443. The second-order valence-corrected chi connectivity index (χ2v) is 5.25. The normalized spacial score (nSPS) is 10.7. The quantitative estimate of drug-likeness (QED) is 0.832. The summed E-state index contributed by atoms with van der Waals surface area (Å²) in [6.45, 7) is 6.66. The number of methoxy groups -OCH3 is 1. The molecule has 20 heavy (non-hydrogen) atoms. The first-order chi connectivity index (χ1) is 9.49. The van der Waals surface area contributed by atoms with Gasteiger partial charge in [-0.05, 0) is 33.3 Å². The molecule has 0 aliphatic carbocycles. The average molecular weight is 279 g/mol. The predicted molar refractivity (Wildman–Crippen MR) is 80.0 cm³/mol. The molecule has 0 aromatic heterocycles. The van der Waals surface area contributed by atoms with Gasteiger partial charge in [-0.2, -0.15) is 0 Å². The van der Waals surface area contributed by atoms with Crippen LogP contribution >= 0.6 is 0 Å². The van der Waals surface area contributed by atoms with Crippen LogP contribution in [0.3, 0.4) is 0 Å². The smallest absolute Gasteiger partial charge is 0.227 e. The van der Waals surface area contributed by atoms with Gasteiger partial charge in [0.2, 0.25) is 5.91 Å². The molecule has 1 aromatic carbocycles. The zero-order chi connectivity index (χ0) is 15.1. The predicted octanol–water partition coefficient (Wildman–Crippen LogP) is 2.17. The van der Waals surface area contributed by atoms with Crippen molar-refractivity contribution in [2.24, 2.45) is 0 Å². The molecule has 0 unspecified atom stereocenters. The maximum atomic E-state index is 12.4. The van der Waals surface area contributed by atoms with E-state index in [2.05, 4.69) is 0 Å². The fourth-order valence-electron chi connectivity index (χ4n) is 2.22. The number of hydrogen-bond acceptors (Lipinski definition) is 3. The number of nitrogens with zero attached hydrogens (tertiary/aromatic N) is 1. The van der Waals surface area contributed by atoms with Crippen LogP contribution in [0.25, 0.3) is 0 Å². The SMILES string of the molecule is COc1ccc(C)cc1CC(=O)N(CCCO)C(C)C. The number of carbonyl (C=O) groups excluding carboxylic acids is 1.